The van der Waals surface area contributed by atoms with Gasteiger partial charge >= 0.3 is 5.97 Å². The summed E-state index contributed by atoms with van der Waals surface area (Å²) in [4.78, 5) is 12.0. The molecule has 88 valence electrons. The zero-order chi connectivity index (χ0) is 12.1. The molecule has 0 heterocycles. The number of benzene rings is 1. The Hall–Kier alpha value is -1.16. The van der Waals surface area contributed by atoms with Gasteiger partial charge in [-0.05, 0) is 24.1 Å². The first-order chi connectivity index (χ1) is 7.54. The maximum absolute atomic E-state index is 11.0. The molecule has 1 atom stereocenters. The quantitative estimate of drug-likeness (QED) is 0.804. The lowest BCUT2D eigenvalue weighted by atomic mass is 10.1. The summed E-state index contributed by atoms with van der Waals surface area (Å²) < 4.78 is 5.10. The molecule has 0 spiro atoms. The predicted octanol–water partition coefficient (Wildman–Crippen LogP) is 2.90. The maximum Gasteiger partial charge on any atom is 0.317 e. The van der Waals surface area contributed by atoms with Crippen LogP contribution >= 0.6 is 11.8 Å². The van der Waals surface area contributed by atoms with E-state index in [1.54, 1.807) is 7.11 Å². The van der Waals surface area contributed by atoms with E-state index in [0.29, 0.717) is 0 Å². The number of carbonyl (C=O) groups is 1. The first kappa shape index (κ1) is 12.9. The highest BCUT2D eigenvalue weighted by molar-refractivity contribution is 8.00. The van der Waals surface area contributed by atoms with Crippen molar-refractivity contribution in [3.63, 3.8) is 0 Å². The van der Waals surface area contributed by atoms with Gasteiger partial charge in [0.1, 0.15) is 11.0 Å². The number of ether oxygens (including phenoxy) is 1. The van der Waals surface area contributed by atoms with Crippen LogP contribution in [0.15, 0.2) is 29.2 Å². The number of hydrogen-bond donors (Lipinski definition) is 1. The van der Waals surface area contributed by atoms with Gasteiger partial charge in [-0.1, -0.05) is 19.9 Å². The Labute approximate surface area is 99.8 Å². The molecule has 1 rings (SSSR count). The number of carboxylic acid groups (broad SMARTS) is 1. The van der Waals surface area contributed by atoms with Crippen molar-refractivity contribution in [2.24, 2.45) is 5.92 Å². The summed E-state index contributed by atoms with van der Waals surface area (Å²) in [5.74, 6) is 0.0643. The Morgan fingerprint density at radius 3 is 2.62 bits per heavy atom. The van der Waals surface area contributed by atoms with Crippen LogP contribution in [0.1, 0.15) is 13.8 Å². The summed E-state index contributed by atoms with van der Waals surface area (Å²) in [5, 5.41) is 8.66. The molecule has 1 N–H and O–H groups in total. The third-order valence-corrected chi connectivity index (χ3v) is 3.68. The molecule has 1 aromatic carbocycles. The van der Waals surface area contributed by atoms with Crippen molar-refractivity contribution in [1.82, 2.24) is 0 Å². The molecule has 0 bridgehead atoms. The number of hydrogen-bond acceptors (Lipinski definition) is 3. The molecular formula is C12H16O3S. The second-order valence-electron chi connectivity index (χ2n) is 3.80. The summed E-state index contributed by atoms with van der Waals surface area (Å²) in [7, 11) is 1.60. The van der Waals surface area contributed by atoms with Gasteiger partial charge < -0.3 is 9.84 Å². The fourth-order valence-electron chi connectivity index (χ4n) is 1.29. The third kappa shape index (κ3) is 3.45. The summed E-state index contributed by atoms with van der Waals surface area (Å²) in [6.07, 6.45) is 0. The Bertz CT molecular complexity index is 363. The molecule has 0 amide bonds. The second kappa shape index (κ2) is 5.80. The Morgan fingerprint density at radius 1 is 1.44 bits per heavy atom. The molecule has 0 fully saturated rings. The minimum absolute atomic E-state index is 0.0914. The van der Waals surface area contributed by atoms with Crippen LogP contribution in [0.4, 0.5) is 0 Å². The average Bonchev–Trinajstić information content (AvgIpc) is 2.25. The van der Waals surface area contributed by atoms with E-state index >= 15 is 0 Å². The van der Waals surface area contributed by atoms with Crippen molar-refractivity contribution in [3.8, 4) is 5.75 Å². The highest BCUT2D eigenvalue weighted by Gasteiger charge is 2.22. The molecule has 0 radical (unpaired) electrons. The van der Waals surface area contributed by atoms with Gasteiger partial charge in [0.2, 0.25) is 0 Å². The topological polar surface area (TPSA) is 46.5 Å². The normalized spacial score (nSPS) is 12.5. The predicted molar refractivity (Wildman–Crippen MR) is 65.1 cm³/mol. The zero-order valence-corrected chi connectivity index (χ0v) is 10.5. The number of thioether (sulfide) groups is 1. The third-order valence-electron chi connectivity index (χ3n) is 2.15. The Morgan fingerprint density at radius 2 is 2.12 bits per heavy atom. The van der Waals surface area contributed by atoms with E-state index in [1.807, 2.05) is 38.1 Å². The van der Waals surface area contributed by atoms with Crippen LogP contribution in [-0.4, -0.2) is 23.4 Å². The fourth-order valence-corrected chi connectivity index (χ4v) is 2.30. The monoisotopic (exact) mass is 240 g/mol. The fraction of sp³-hybridized carbons (Fsp3) is 0.417. The lowest BCUT2D eigenvalue weighted by Crippen LogP contribution is -2.22. The molecule has 0 aromatic heterocycles. The minimum atomic E-state index is -0.775. The van der Waals surface area contributed by atoms with E-state index in [2.05, 4.69) is 0 Å². The maximum atomic E-state index is 11.0. The minimum Gasteiger partial charge on any atom is -0.497 e. The molecular weight excluding hydrogens is 224 g/mol. The molecule has 0 aliphatic rings. The van der Waals surface area contributed by atoms with Crippen molar-refractivity contribution < 1.29 is 14.6 Å². The van der Waals surface area contributed by atoms with Gasteiger partial charge in [0.25, 0.3) is 0 Å². The largest absolute Gasteiger partial charge is 0.497 e. The van der Waals surface area contributed by atoms with Gasteiger partial charge in [0.05, 0.1) is 7.11 Å². The zero-order valence-electron chi connectivity index (χ0n) is 9.64. The van der Waals surface area contributed by atoms with Crippen LogP contribution in [0.2, 0.25) is 0 Å². The molecule has 4 heteroatoms. The molecule has 0 aliphatic heterocycles. The van der Waals surface area contributed by atoms with E-state index in [4.69, 9.17) is 9.84 Å². The number of carboxylic acids is 1. The Kier molecular flexibility index (Phi) is 4.68. The van der Waals surface area contributed by atoms with Crippen molar-refractivity contribution in [1.29, 1.82) is 0 Å². The van der Waals surface area contributed by atoms with Gasteiger partial charge in [-0.15, -0.1) is 11.8 Å². The van der Waals surface area contributed by atoms with Crippen molar-refractivity contribution in [2.75, 3.05) is 7.11 Å². The van der Waals surface area contributed by atoms with Gasteiger partial charge in [-0.25, -0.2) is 0 Å². The standard InChI is InChI=1S/C12H16O3S/c1-8(2)11(12(13)14)16-10-6-4-5-9(7-10)15-3/h4-8,11H,1-3H3,(H,13,14). The van der Waals surface area contributed by atoms with Crippen LogP contribution in [0.3, 0.4) is 0 Å². The summed E-state index contributed by atoms with van der Waals surface area (Å²) in [6.45, 7) is 3.82. The van der Waals surface area contributed by atoms with E-state index in [1.165, 1.54) is 11.8 Å². The van der Waals surface area contributed by atoms with Crippen LogP contribution in [0.5, 0.6) is 5.75 Å². The summed E-state index contributed by atoms with van der Waals surface area (Å²) in [5.41, 5.74) is 0. The van der Waals surface area contributed by atoms with E-state index in [-0.39, 0.29) is 5.92 Å². The highest BCUT2D eigenvalue weighted by atomic mass is 32.2. The van der Waals surface area contributed by atoms with Gasteiger partial charge in [0, 0.05) is 4.90 Å². The lowest BCUT2D eigenvalue weighted by Gasteiger charge is -2.15. The molecule has 16 heavy (non-hydrogen) atoms. The smallest absolute Gasteiger partial charge is 0.317 e. The SMILES string of the molecule is COc1cccc(SC(C(=O)O)C(C)C)c1. The van der Waals surface area contributed by atoms with Crippen LogP contribution < -0.4 is 4.74 Å². The lowest BCUT2D eigenvalue weighted by molar-refractivity contribution is -0.137. The second-order valence-corrected chi connectivity index (χ2v) is 5.01. The molecule has 0 aliphatic carbocycles. The Balaban J connectivity index is 2.81. The van der Waals surface area contributed by atoms with Crippen molar-refractivity contribution in [2.45, 2.75) is 24.0 Å². The van der Waals surface area contributed by atoms with Crippen LogP contribution in [0.25, 0.3) is 0 Å². The van der Waals surface area contributed by atoms with Crippen molar-refractivity contribution >= 4 is 17.7 Å². The van der Waals surface area contributed by atoms with Gasteiger partial charge in [-0.2, -0.15) is 0 Å². The summed E-state index contributed by atoms with van der Waals surface area (Å²) in [6, 6.07) is 7.45. The first-order valence-corrected chi connectivity index (χ1v) is 5.96. The molecule has 3 nitrogen and oxygen atoms in total. The average molecular weight is 240 g/mol. The molecule has 0 saturated carbocycles. The van der Waals surface area contributed by atoms with E-state index < -0.39 is 11.2 Å². The van der Waals surface area contributed by atoms with Gasteiger partial charge in [-0.3, -0.25) is 4.79 Å². The molecule has 1 aromatic rings. The number of rotatable bonds is 5. The molecule has 0 saturated heterocycles. The number of methoxy groups -OCH3 is 1. The molecule has 1 unspecified atom stereocenters. The van der Waals surface area contributed by atoms with Crippen LogP contribution in [-0.2, 0) is 4.79 Å². The highest BCUT2D eigenvalue weighted by Crippen LogP contribution is 2.30. The first-order valence-electron chi connectivity index (χ1n) is 5.08. The van der Waals surface area contributed by atoms with E-state index in [9.17, 15) is 4.79 Å². The van der Waals surface area contributed by atoms with Crippen LogP contribution in [0, 0.1) is 5.92 Å². The van der Waals surface area contributed by atoms with E-state index in [0.717, 1.165) is 10.6 Å². The number of aliphatic carboxylic acids is 1. The van der Waals surface area contributed by atoms with Gasteiger partial charge in [0.15, 0.2) is 0 Å². The summed E-state index contributed by atoms with van der Waals surface area (Å²) >= 11 is 1.35. The van der Waals surface area contributed by atoms with Crippen molar-refractivity contribution in [3.05, 3.63) is 24.3 Å².